The van der Waals surface area contributed by atoms with Gasteiger partial charge in [0, 0.05) is 12.1 Å². The summed E-state index contributed by atoms with van der Waals surface area (Å²) in [7, 11) is 0. The monoisotopic (exact) mass is 291 g/mol. The Balaban J connectivity index is 1.99. The number of aliphatic hydroxyl groups is 1. The van der Waals surface area contributed by atoms with Gasteiger partial charge < -0.3 is 10.4 Å². The standard InChI is InChI=1S/C16H15F2NO2/c1-10-3-2-4-12(7-10)16(21)19-9-15(20)11-5-6-13(17)14(18)8-11/h2-8,15,20H,9H2,1H3,(H,19,21)/t15-/m1/s1. The van der Waals surface area contributed by atoms with Gasteiger partial charge in [-0.15, -0.1) is 0 Å². The number of halogens is 2. The van der Waals surface area contributed by atoms with Gasteiger partial charge >= 0.3 is 0 Å². The molecule has 3 nitrogen and oxygen atoms in total. The van der Waals surface area contributed by atoms with Crippen molar-refractivity contribution in [3.8, 4) is 0 Å². The molecule has 1 atom stereocenters. The van der Waals surface area contributed by atoms with Gasteiger partial charge in [0.2, 0.25) is 0 Å². The van der Waals surface area contributed by atoms with Crippen LogP contribution in [-0.4, -0.2) is 17.6 Å². The van der Waals surface area contributed by atoms with E-state index in [0.29, 0.717) is 5.56 Å². The maximum absolute atomic E-state index is 13.1. The lowest BCUT2D eigenvalue weighted by Gasteiger charge is -2.12. The molecule has 2 rings (SSSR count). The molecule has 0 bridgehead atoms. The first-order valence-corrected chi connectivity index (χ1v) is 6.45. The molecule has 0 radical (unpaired) electrons. The Labute approximate surface area is 121 Å². The van der Waals surface area contributed by atoms with Crippen molar-refractivity contribution < 1.29 is 18.7 Å². The quantitative estimate of drug-likeness (QED) is 0.910. The third kappa shape index (κ3) is 3.86. The Morgan fingerprint density at radius 1 is 1.19 bits per heavy atom. The average molecular weight is 291 g/mol. The van der Waals surface area contributed by atoms with Gasteiger partial charge in [-0.3, -0.25) is 4.79 Å². The van der Waals surface area contributed by atoms with Gasteiger partial charge in [-0.1, -0.05) is 23.8 Å². The molecule has 110 valence electrons. The van der Waals surface area contributed by atoms with E-state index in [-0.39, 0.29) is 18.0 Å². The minimum absolute atomic E-state index is 0.0855. The molecular formula is C16H15F2NO2. The van der Waals surface area contributed by atoms with E-state index in [2.05, 4.69) is 5.32 Å². The molecule has 2 aromatic carbocycles. The summed E-state index contributed by atoms with van der Waals surface area (Å²) in [5.41, 5.74) is 1.63. The summed E-state index contributed by atoms with van der Waals surface area (Å²) in [4.78, 5) is 11.9. The predicted octanol–water partition coefficient (Wildman–Crippen LogP) is 2.74. The zero-order chi connectivity index (χ0) is 15.4. The van der Waals surface area contributed by atoms with E-state index in [4.69, 9.17) is 0 Å². The van der Waals surface area contributed by atoms with Crippen LogP contribution >= 0.6 is 0 Å². The minimum Gasteiger partial charge on any atom is -0.387 e. The van der Waals surface area contributed by atoms with Crippen molar-refractivity contribution in [3.05, 3.63) is 70.8 Å². The van der Waals surface area contributed by atoms with Crippen LogP contribution in [-0.2, 0) is 0 Å². The van der Waals surface area contributed by atoms with Gasteiger partial charge in [-0.2, -0.15) is 0 Å². The second-order valence-corrected chi connectivity index (χ2v) is 4.77. The Morgan fingerprint density at radius 2 is 1.95 bits per heavy atom. The number of benzene rings is 2. The van der Waals surface area contributed by atoms with Gasteiger partial charge in [0.05, 0.1) is 6.10 Å². The number of hydrogen-bond acceptors (Lipinski definition) is 2. The lowest BCUT2D eigenvalue weighted by Crippen LogP contribution is -2.28. The molecule has 0 fully saturated rings. The first-order valence-electron chi connectivity index (χ1n) is 6.45. The Bertz CT molecular complexity index is 658. The molecule has 2 N–H and O–H groups in total. The molecular weight excluding hydrogens is 276 g/mol. The van der Waals surface area contributed by atoms with Crippen molar-refractivity contribution in [2.75, 3.05) is 6.54 Å². The average Bonchev–Trinajstić information content (AvgIpc) is 2.47. The number of aryl methyl sites for hydroxylation is 1. The molecule has 0 aliphatic rings. The van der Waals surface area contributed by atoms with E-state index in [1.807, 2.05) is 13.0 Å². The largest absolute Gasteiger partial charge is 0.387 e. The molecule has 1 amide bonds. The predicted molar refractivity (Wildman–Crippen MR) is 74.8 cm³/mol. The molecule has 5 heteroatoms. The zero-order valence-corrected chi connectivity index (χ0v) is 11.4. The van der Waals surface area contributed by atoms with E-state index in [1.165, 1.54) is 6.07 Å². The third-order valence-corrected chi connectivity index (χ3v) is 3.06. The molecule has 0 aliphatic heterocycles. The summed E-state index contributed by atoms with van der Waals surface area (Å²) < 4.78 is 25.9. The van der Waals surface area contributed by atoms with Gasteiger partial charge in [0.1, 0.15) is 0 Å². The second-order valence-electron chi connectivity index (χ2n) is 4.77. The van der Waals surface area contributed by atoms with Crippen LogP contribution in [0.4, 0.5) is 8.78 Å². The number of aliphatic hydroxyl groups excluding tert-OH is 1. The van der Waals surface area contributed by atoms with Crippen LogP contribution in [0.25, 0.3) is 0 Å². The number of nitrogens with one attached hydrogen (secondary N) is 1. The van der Waals surface area contributed by atoms with Crippen molar-refractivity contribution in [3.63, 3.8) is 0 Å². The van der Waals surface area contributed by atoms with Gasteiger partial charge in [-0.05, 0) is 36.8 Å². The molecule has 0 aliphatic carbocycles. The topological polar surface area (TPSA) is 49.3 Å². The summed E-state index contributed by atoms with van der Waals surface area (Å²) >= 11 is 0. The van der Waals surface area contributed by atoms with E-state index in [9.17, 15) is 18.7 Å². The normalized spacial score (nSPS) is 12.0. The van der Waals surface area contributed by atoms with Crippen LogP contribution < -0.4 is 5.32 Å². The van der Waals surface area contributed by atoms with Crippen molar-refractivity contribution >= 4 is 5.91 Å². The molecule has 0 unspecified atom stereocenters. The van der Waals surface area contributed by atoms with Crippen molar-refractivity contribution in [2.45, 2.75) is 13.0 Å². The maximum atomic E-state index is 13.1. The number of amides is 1. The maximum Gasteiger partial charge on any atom is 0.251 e. The Hall–Kier alpha value is -2.27. The molecule has 0 saturated heterocycles. The number of carbonyl (C=O) groups excluding carboxylic acids is 1. The molecule has 0 saturated carbocycles. The Kier molecular flexibility index (Phi) is 4.65. The minimum atomic E-state index is -1.10. The van der Waals surface area contributed by atoms with Crippen LogP contribution in [0.15, 0.2) is 42.5 Å². The summed E-state index contributed by atoms with van der Waals surface area (Å²) in [5, 5.41) is 12.4. The molecule has 2 aromatic rings. The molecule has 0 aromatic heterocycles. The SMILES string of the molecule is Cc1cccc(C(=O)NC[C@@H](O)c2ccc(F)c(F)c2)c1. The van der Waals surface area contributed by atoms with Crippen LogP contribution in [0.1, 0.15) is 27.6 Å². The number of rotatable bonds is 4. The summed E-state index contributed by atoms with van der Waals surface area (Å²) in [6.07, 6.45) is -1.10. The fourth-order valence-corrected chi connectivity index (χ4v) is 1.92. The highest BCUT2D eigenvalue weighted by Crippen LogP contribution is 2.15. The number of carbonyl (C=O) groups is 1. The fraction of sp³-hybridized carbons (Fsp3) is 0.188. The van der Waals surface area contributed by atoms with E-state index < -0.39 is 17.7 Å². The second kappa shape index (κ2) is 6.45. The van der Waals surface area contributed by atoms with Crippen LogP contribution in [0.3, 0.4) is 0 Å². The highest BCUT2D eigenvalue weighted by molar-refractivity contribution is 5.94. The van der Waals surface area contributed by atoms with E-state index in [0.717, 1.165) is 17.7 Å². The number of hydrogen-bond donors (Lipinski definition) is 2. The highest BCUT2D eigenvalue weighted by Gasteiger charge is 2.13. The Morgan fingerprint density at radius 3 is 2.62 bits per heavy atom. The van der Waals surface area contributed by atoms with Crippen molar-refractivity contribution in [1.82, 2.24) is 5.32 Å². The molecule has 0 heterocycles. The lowest BCUT2D eigenvalue weighted by atomic mass is 10.1. The van der Waals surface area contributed by atoms with Gasteiger partial charge in [0.15, 0.2) is 11.6 Å². The highest BCUT2D eigenvalue weighted by atomic mass is 19.2. The van der Waals surface area contributed by atoms with Crippen molar-refractivity contribution in [1.29, 1.82) is 0 Å². The van der Waals surface area contributed by atoms with Crippen molar-refractivity contribution in [2.24, 2.45) is 0 Å². The van der Waals surface area contributed by atoms with E-state index >= 15 is 0 Å². The van der Waals surface area contributed by atoms with Gasteiger partial charge in [0.25, 0.3) is 5.91 Å². The smallest absolute Gasteiger partial charge is 0.251 e. The van der Waals surface area contributed by atoms with Crippen LogP contribution in [0.2, 0.25) is 0 Å². The van der Waals surface area contributed by atoms with Gasteiger partial charge in [-0.25, -0.2) is 8.78 Å². The fourth-order valence-electron chi connectivity index (χ4n) is 1.92. The van der Waals surface area contributed by atoms with Crippen LogP contribution in [0, 0.1) is 18.6 Å². The first kappa shape index (κ1) is 15.1. The summed E-state index contributed by atoms with van der Waals surface area (Å²) in [6.45, 7) is 1.78. The third-order valence-electron chi connectivity index (χ3n) is 3.06. The summed E-state index contributed by atoms with van der Waals surface area (Å²) in [6, 6.07) is 10.1. The molecule has 21 heavy (non-hydrogen) atoms. The lowest BCUT2D eigenvalue weighted by molar-refractivity contribution is 0.0916. The zero-order valence-electron chi connectivity index (χ0n) is 11.4. The van der Waals surface area contributed by atoms with Crippen LogP contribution in [0.5, 0.6) is 0 Å². The molecule has 0 spiro atoms. The first-order chi connectivity index (χ1) is 9.97. The van der Waals surface area contributed by atoms with E-state index in [1.54, 1.807) is 18.2 Å². The summed E-state index contributed by atoms with van der Waals surface area (Å²) in [5.74, 6) is -2.34.